The summed E-state index contributed by atoms with van der Waals surface area (Å²) >= 11 is 5.51. The highest BCUT2D eigenvalue weighted by molar-refractivity contribution is 9.11. The Morgan fingerprint density at radius 3 is 2.57 bits per heavy atom. The molecule has 0 radical (unpaired) electrons. The maximum Gasteiger partial charge on any atom is 0.0701 e. The third-order valence-corrected chi connectivity index (χ3v) is 6.46. The summed E-state index contributed by atoms with van der Waals surface area (Å²) in [4.78, 5) is 1.55. The van der Waals surface area contributed by atoms with Crippen molar-refractivity contribution in [1.82, 2.24) is 5.32 Å². The fraction of sp³-hybridized carbons (Fsp3) is 0.778. The molecule has 21 heavy (non-hydrogen) atoms. The average Bonchev–Trinajstić information content (AvgIpc) is 2.81. The summed E-state index contributed by atoms with van der Waals surface area (Å²) in [6.07, 6.45) is 6.87. The Bertz CT molecular complexity index is 435. The van der Waals surface area contributed by atoms with Crippen LogP contribution in [0.1, 0.15) is 58.3 Å². The number of hydrogen-bond acceptors (Lipinski definition) is 2. The van der Waals surface area contributed by atoms with E-state index in [4.69, 9.17) is 0 Å². The summed E-state index contributed by atoms with van der Waals surface area (Å²) in [5, 5.41) is 3.74. The average molecular weight is 372 g/mol. The first kappa shape index (κ1) is 17.5. The molecule has 1 fully saturated rings. The van der Waals surface area contributed by atoms with Crippen LogP contribution in [-0.2, 0) is 6.42 Å². The molecule has 2 rings (SSSR count). The molecule has 1 saturated carbocycles. The van der Waals surface area contributed by atoms with Crippen LogP contribution in [0, 0.1) is 17.8 Å². The van der Waals surface area contributed by atoms with Gasteiger partial charge in [-0.2, -0.15) is 0 Å². The lowest BCUT2D eigenvalue weighted by molar-refractivity contribution is 0.163. The Balaban J connectivity index is 1.99. The van der Waals surface area contributed by atoms with Gasteiger partial charge in [0.15, 0.2) is 0 Å². The summed E-state index contributed by atoms with van der Waals surface area (Å²) in [5.41, 5.74) is 0.234. The Kier molecular flexibility index (Phi) is 6.34. The van der Waals surface area contributed by atoms with Crippen LogP contribution in [0.2, 0.25) is 0 Å². The highest BCUT2D eigenvalue weighted by atomic mass is 79.9. The molecule has 0 bridgehead atoms. The minimum Gasteiger partial charge on any atom is -0.312 e. The van der Waals surface area contributed by atoms with Crippen LogP contribution >= 0.6 is 27.3 Å². The molecule has 0 amide bonds. The number of rotatable bonds is 5. The van der Waals surface area contributed by atoms with Gasteiger partial charge in [0.2, 0.25) is 0 Å². The number of hydrogen-bond donors (Lipinski definition) is 1. The van der Waals surface area contributed by atoms with Crippen LogP contribution in [0.5, 0.6) is 0 Å². The standard InChI is InChI=1S/C18H30BrNS/c1-5-13-6-7-14(12-20-18(2,3)4)15(10-13)11-16-8-9-17(19)21-16/h8-9,13-15,20H,5-7,10-12H2,1-4H3. The van der Waals surface area contributed by atoms with E-state index in [1.54, 1.807) is 4.88 Å². The fourth-order valence-electron chi connectivity index (χ4n) is 3.47. The third-order valence-electron chi connectivity index (χ3n) is 4.81. The van der Waals surface area contributed by atoms with Crippen LogP contribution in [0.4, 0.5) is 0 Å². The molecular formula is C18H30BrNS. The zero-order valence-corrected chi connectivity index (χ0v) is 16.3. The summed E-state index contributed by atoms with van der Waals surface area (Å²) < 4.78 is 1.27. The van der Waals surface area contributed by atoms with Crippen molar-refractivity contribution in [2.45, 2.75) is 65.3 Å². The molecule has 1 N–H and O–H groups in total. The summed E-state index contributed by atoms with van der Waals surface area (Å²) in [5.74, 6) is 2.64. The van der Waals surface area contributed by atoms with Gasteiger partial charge >= 0.3 is 0 Å². The second-order valence-electron chi connectivity index (χ2n) is 7.65. The van der Waals surface area contributed by atoms with E-state index in [0.29, 0.717) is 0 Å². The monoisotopic (exact) mass is 371 g/mol. The van der Waals surface area contributed by atoms with Crippen LogP contribution in [-0.4, -0.2) is 12.1 Å². The van der Waals surface area contributed by atoms with Crippen LogP contribution in [0.25, 0.3) is 0 Å². The van der Waals surface area contributed by atoms with Gasteiger partial charge in [0.1, 0.15) is 0 Å². The molecule has 1 aromatic heterocycles. The fourth-order valence-corrected chi connectivity index (χ4v) is 5.05. The predicted molar refractivity (Wildman–Crippen MR) is 98.1 cm³/mol. The molecular weight excluding hydrogens is 342 g/mol. The molecule has 1 aromatic rings. The molecule has 3 heteroatoms. The van der Waals surface area contributed by atoms with Gasteiger partial charge in [-0.15, -0.1) is 11.3 Å². The molecule has 1 aliphatic rings. The van der Waals surface area contributed by atoms with Gasteiger partial charge in [-0.25, -0.2) is 0 Å². The molecule has 3 unspecified atom stereocenters. The maximum atomic E-state index is 3.74. The zero-order valence-electron chi connectivity index (χ0n) is 13.9. The van der Waals surface area contributed by atoms with Crippen molar-refractivity contribution >= 4 is 27.3 Å². The quantitative estimate of drug-likeness (QED) is 0.680. The van der Waals surface area contributed by atoms with Crippen LogP contribution < -0.4 is 5.32 Å². The van der Waals surface area contributed by atoms with Gasteiger partial charge in [-0.05, 0) is 92.4 Å². The van der Waals surface area contributed by atoms with Crippen molar-refractivity contribution in [1.29, 1.82) is 0 Å². The van der Waals surface area contributed by atoms with Gasteiger partial charge in [-0.1, -0.05) is 19.8 Å². The van der Waals surface area contributed by atoms with Gasteiger partial charge < -0.3 is 5.32 Å². The van der Waals surface area contributed by atoms with Crippen LogP contribution in [0.3, 0.4) is 0 Å². The van der Waals surface area contributed by atoms with E-state index in [2.05, 4.69) is 61.1 Å². The number of halogens is 1. The zero-order chi connectivity index (χ0) is 15.5. The Morgan fingerprint density at radius 2 is 2.00 bits per heavy atom. The lowest BCUT2D eigenvalue weighted by Gasteiger charge is -2.37. The largest absolute Gasteiger partial charge is 0.312 e. The summed E-state index contributed by atoms with van der Waals surface area (Å²) in [6, 6.07) is 4.50. The first-order valence-electron chi connectivity index (χ1n) is 8.36. The van der Waals surface area contributed by atoms with Crippen molar-refractivity contribution < 1.29 is 0 Å². The first-order valence-corrected chi connectivity index (χ1v) is 9.97. The van der Waals surface area contributed by atoms with E-state index in [0.717, 1.165) is 17.8 Å². The molecule has 3 atom stereocenters. The van der Waals surface area contributed by atoms with E-state index in [1.165, 1.54) is 42.4 Å². The number of thiophene rings is 1. The Hall–Kier alpha value is 0.140. The van der Waals surface area contributed by atoms with Crippen molar-refractivity contribution in [2.75, 3.05) is 6.54 Å². The predicted octanol–water partition coefficient (Wildman–Crippen LogP) is 5.88. The molecule has 0 aliphatic heterocycles. The smallest absolute Gasteiger partial charge is 0.0701 e. The van der Waals surface area contributed by atoms with E-state index >= 15 is 0 Å². The van der Waals surface area contributed by atoms with E-state index in [9.17, 15) is 0 Å². The SMILES string of the molecule is CCC1CCC(CNC(C)(C)C)C(Cc2ccc(Br)s2)C1. The Labute approximate surface area is 143 Å². The third kappa shape index (κ3) is 5.69. The topological polar surface area (TPSA) is 12.0 Å². The molecule has 0 saturated heterocycles. The molecule has 0 spiro atoms. The van der Waals surface area contributed by atoms with Gasteiger partial charge in [0, 0.05) is 10.4 Å². The molecule has 1 heterocycles. The van der Waals surface area contributed by atoms with Crippen molar-refractivity contribution in [3.8, 4) is 0 Å². The highest BCUT2D eigenvalue weighted by Crippen LogP contribution is 2.38. The molecule has 0 aromatic carbocycles. The van der Waals surface area contributed by atoms with Crippen molar-refractivity contribution in [2.24, 2.45) is 17.8 Å². The van der Waals surface area contributed by atoms with Gasteiger partial charge in [0.05, 0.1) is 3.79 Å². The molecule has 1 nitrogen and oxygen atoms in total. The summed E-state index contributed by atoms with van der Waals surface area (Å²) in [7, 11) is 0. The van der Waals surface area contributed by atoms with E-state index in [1.807, 2.05) is 11.3 Å². The Morgan fingerprint density at radius 1 is 1.24 bits per heavy atom. The van der Waals surface area contributed by atoms with Crippen molar-refractivity contribution in [3.05, 3.63) is 20.8 Å². The normalized spacial score (nSPS) is 27.0. The molecule has 1 aliphatic carbocycles. The highest BCUT2D eigenvalue weighted by Gasteiger charge is 2.30. The minimum absolute atomic E-state index is 0.234. The first-order chi connectivity index (χ1) is 9.87. The van der Waals surface area contributed by atoms with Crippen LogP contribution in [0.15, 0.2) is 15.9 Å². The van der Waals surface area contributed by atoms with Gasteiger partial charge in [-0.3, -0.25) is 0 Å². The molecule has 120 valence electrons. The second kappa shape index (κ2) is 7.61. The lowest BCUT2D eigenvalue weighted by Crippen LogP contribution is -2.42. The van der Waals surface area contributed by atoms with Gasteiger partial charge in [0.25, 0.3) is 0 Å². The number of nitrogens with one attached hydrogen (secondary N) is 1. The maximum absolute atomic E-state index is 3.74. The lowest BCUT2D eigenvalue weighted by atomic mass is 9.71. The van der Waals surface area contributed by atoms with E-state index < -0.39 is 0 Å². The second-order valence-corrected chi connectivity index (χ2v) is 10.2. The van der Waals surface area contributed by atoms with Crippen molar-refractivity contribution in [3.63, 3.8) is 0 Å². The summed E-state index contributed by atoms with van der Waals surface area (Å²) in [6.45, 7) is 10.4. The van der Waals surface area contributed by atoms with E-state index in [-0.39, 0.29) is 5.54 Å². The minimum atomic E-state index is 0.234.